The van der Waals surface area contributed by atoms with Crippen LogP contribution in [-0.2, 0) is 9.59 Å². The Bertz CT molecular complexity index is 1310. The zero-order chi connectivity index (χ0) is 23.0. The first-order chi connectivity index (χ1) is 15.3. The molecule has 9 heteroatoms. The molecule has 1 aromatic carbocycles. The third kappa shape index (κ3) is 3.69. The molecule has 4 rings (SSSR count). The zero-order valence-electron chi connectivity index (χ0n) is 17.2. The van der Waals surface area contributed by atoms with Crippen molar-refractivity contribution in [3.8, 4) is 5.69 Å². The van der Waals surface area contributed by atoms with E-state index in [-0.39, 0.29) is 21.9 Å². The lowest BCUT2D eigenvalue weighted by molar-refractivity contribution is -0.122. The number of anilines is 1. The quantitative estimate of drug-likeness (QED) is 0.363. The van der Waals surface area contributed by atoms with E-state index in [1.807, 2.05) is 36.6 Å². The van der Waals surface area contributed by atoms with Crippen LogP contribution >= 0.6 is 12.2 Å². The van der Waals surface area contributed by atoms with Gasteiger partial charge >= 0.3 is 5.97 Å². The highest BCUT2D eigenvalue weighted by Crippen LogP contribution is 2.26. The van der Waals surface area contributed by atoms with Crippen LogP contribution in [0.4, 0.5) is 5.69 Å². The van der Waals surface area contributed by atoms with Gasteiger partial charge in [-0.05, 0) is 74.1 Å². The second kappa shape index (κ2) is 8.20. The number of carbonyl (C=O) groups is 3. The van der Waals surface area contributed by atoms with Crippen molar-refractivity contribution >= 4 is 46.9 Å². The molecule has 32 heavy (non-hydrogen) atoms. The largest absolute Gasteiger partial charge is 0.478 e. The Morgan fingerprint density at radius 3 is 2.50 bits per heavy atom. The summed E-state index contributed by atoms with van der Waals surface area (Å²) >= 11 is 5.19. The molecule has 0 unspecified atom stereocenters. The maximum atomic E-state index is 13.3. The molecule has 3 heterocycles. The number of pyridine rings is 1. The molecule has 1 aliphatic heterocycles. The van der Waals surface area contributed by atoms with Crippen LogP contribution in [0.1, 0.15) is 27.3 Å². The molecular formula is C23H18N4O4S. The number of nitrogens with zero attached hydrogens (tertiary/aromatic N) is 3. The van der Waals surface area contributed by atoms with Crippen molar-refractivity contribution in [1.82, 2.24) is 14.9 Å². The smallest absolute Gasteiger partial charge is 0.335 e. The van der Waals surface area contributed by atoms with Gasteiger partial charge in [0.25, 0.3) is 11.8 Å². The van der Waals surface area contributed by atoms with Crippen molar-refractivity contribution in [2.75, 3.05) is 4.90 Å². The van der Waals surface area contributed by atoms with E-state index in [2.05, 4.69) is 10.3 Å². The lowest BCUT2D eigenvalue weighted by Gasteiger charge is -2.29. The first-order valence-electron chi connectivity index (χ1n) is 9.62. The lowest BCUT2D eigenvalue weighted by Crippen LogP contribution is -2.54. The van der Waals surface area contributed by atoms with Gasteiger partial charge in [0.15, 0.2) is 5.11 Å². The van der Waals surface area contributed by atoms with Gasteiger partial charge in [-0.3, -0.25) is 24.8 Å². The summed E-state index contributed by atoms with van der Waals surface area (Å²) in [7, 11) is 0. The lowest BCUT2D eigenvalue weighted by atomic mass is 10.1. The van der Waals surface area contributed by atoms with Gasteiger partial charge in [0.2, 0.25) is 0 Å². The number of hydrogen-bond acceptors (Lipinski definition) is 5. The molecule has 0 spiro atoms. The van der Waals surface area contributed by atoms with Crippen molar-refractivity contribution in [3.05, 3.63) is 82.9 Å². The molecule has 1 aliphatic rings. The minimum atomic E-state index is -1.13. The first kappa shape index (κ1) is 21.1. The number of aromatic nitrogens is 2. The number of nitrogens with one attached hydrogen (secondary N) is 1. The van der Waals surface area contributed by atoms with Gasteiger partial charge in [-0.1, -0.05) is 6.07 Å². The molecule has 160 valence electrons. The summed E-state index contributed by atoms with van der Waals surface area (Å²) < 4.78 is 2.00. The number of rotatable bonds is 4. The number of aryl methyl sites for hydroxylation is 1. The second-order valence-corrected chi connectivity index (χ2v) is 7.57. The molecule has 2 amide bonds. The summed E-state index contributed by atoms with van der Waals surface area (Å²) in [6.45, 7) is 3.82. The van der Waals surface area contributed by atoms with E-state index in [9.17, 15) is 19.5 Å². The predicted molar refractivity (Wildman–Crippen MR) is 123 cm³/mol. The van der Waals surface area contributed by atoms with Crippen molar-refractivity contribution in [2.45, 2.75) is 13.8 Å². The van der Waals surface area contributed by atoms with Gasteiger partial charge in [0.05, 0.1) is 11.3 Å². The molecule has 0 atom stereocenters. The number of hydrogen-bond donors (Lipinski definition) is 2. The highest BCUT2D eigenvalue weighted by molar-refractivity contribution is 7.80. The highest BCUT2D eigenvalue weighted by atomic mass is 32.1. The Balaban J connectivity index is 1.76. The van der Waals surface area contributed by atoms with E-state index < -0.39 is 17.8 Å². The molecule has 1 saturated heterocycles. The maximum absolute atomic E-state index is 13.3. The van der Waals surface area contributed by atoms with Gasteiger partial charge < -0.3 is 9.67 Å². The second-order valence-electron chi connectivity index (χ2n) is 7.18. The van der Waals surface area contributed by atoms with Crippen LogP contribution in [-0.4, -0.2) is 37.6 Å². The van der Waals surface area contributed by atoms with E-state index in [0.29, 0.717) is 5.56 Å². The fourth-order valence-electron chi connectivity index (χ4n) is 3.65. The van der Waals surface area contributed by atoms with E-state index in [1.54, 1.807) is 18.5 Å². The minimum absolute atomic E-state index is 0.00132. The molecule has 0 radical (unpaired) electrons. The van der Waals surface area contributed by atoms with Crippen LogP contribution in [0.5, 0.6) is 0 Å². The summed E-state index contributed by atoms with van der Waals surface area (Å²) in [5.41, 5.74) is 3.53. The average molecular weight is 446 g/mol. The first-order valence-corrected chi connectivity index (χ1v) is 10.0. The van der Waals surface area contributed by atoms with E-state index in [1.165, 1.54) is 24.3 Å². The minimum Gasteiger partial charge on any atom is -0.478 e. The van der Waals surface area contributed by atoms with Gasteiger partial charge in [-0.2, -0.15) is 0 Å². The molecule has 0 aliphatic carbocycles. The van der Waals surface area contributed by atoms with Crippen LogP contribution < -0.4 is 10.2 Å². The summed E-state index contributed by atoms with van der Waals surface area (Å²) in [5, 5.41) is 11.7. The molecular weight excluding hydrogens is 428 g/mol. The van der Waals surface area contributed by atoms with Gasteiger partial charge in [-0.25, -0.2) is 4.79 Å². The Kier molecular flexibility index (Phi) is 5.41. The number of carboxylic acid groups (broad SMARTS) is 1. The van der Waals surface area contributed by atoms with Gasteiger partial charge in [0, 0.05) is 29.5 Å². The third-order valence-electron chi connectivity index (χ3n) is 5.14. The van der Waals surface area contributed by atoms with Crippen LogP contribution in [0.3, 0.4) is 0 Å². The van der Waals surface area contributed by atoms with Gasteiger partial charge in [0.1, 0.15) is 5.57 Å². The van der Waals surface area contributed by atoms with Crippen LogP contribution in [0.15, 0.2) is 60.4 Å². The maximum Gasteiger partial charge on any atom is 0.335 e. The standard InChI is InChI=1S/C23H18N4O4S/c1-13-10-16(14(2)26(13)17-6-8-24-9-7-17)12-19-20(28)25-23(32)27(21(19)29)18-5-3-4-15(11-18)22(30)31/h3-12H,1-2H3,(H,30,31)(H,25,28,32). The predicted octanol–water partition coefficient (Wildman–Crippen LogP) is 3.02. The number of carboxylic acids is 1. The normalized spacial score (nSPS) is 15.2. The Morgan fingerprint density at radius 1 is 1.09 bits per heavy atom. The number of carbonyl (C=O) groups excluding carboxylic acids is 2. The molecule has 1 fully saturated rings. The Hall–Kier alpha value is -4.11. The average Bonchev–Trinajstić information content (AvgIpc) is 3.04. The molecule has 8 nitrogen and oxygen atoms in total. The number of amides is 2. The summed E-state index contributed by atoms with van der Waals surface area (Å²) in [6, 6.07) is 11.4. The topological polar surface area (TPSA) is 105 Å². The van der Waals surface area contributed by atoms with Gasteiger partial charge in [-0.15, -0.1) is 0 Å². The third-order valence-corrected chi connectivity index (χ3v) is 5.43. The summed E-state index contributed by atoms with van der Waals surface area (Å²) in [6.07, 6.45) is 4.90. The van der Waals surface area contributed by atoms with Crippen LogP contribution in [0.2, 0.25) is 0 Å². The fraction of sp³-hybridized carbons (Fsp3) is 0.0870. The van der Waals surface area contributed by atoms with Crippen molar-refractivity contribution < 1.29 is 19.5 Å². The van der Waals surface area contributed by atoms with Crippen molar-refractivity contribution in [1.29, 1.82) is 0 Å². The number of aromatic carboxylic acids is 1. The molecule has 2 N–H and O–H groups in total. The van der Waals surface area contributed by atoms with E-state index in [0.717, 1.165) is 22.0 Å². The molecule has 3 aromatic rings. The molecule has 0 saturated carbocycles. The summed E-state index contributed by atoms with van der Waals surface area (Å²) in [5.74, 6) is -2.38. The van der Waals surface area contributed by atoms with E-state index >= 15 is 0 Å². The zero-order valence-corrected chi connectivity index (χ0v) is 18.0. The monoisotopic (exact) mass is 446 g/mol. The Morgan fingerprint density at radius 2 is 1.81 bits per heavy atom. The molecule has 0 bridgehead atoms. The SMILES string of the molecule is Cc1cc(C=C2C(=O)NC(=S)N(c3cccc(C(=O)O)c3)C2=O)c(C)n1-c1ccncc1. The number of thiocarbonyl (C=S) groups is 1. The van der Waals surface area contributed by atoms with Crippen LogP contribution in [0.25, 0.3) is 11.8 Å². The Labute approximate surface area is 188 Å². The molecule has 2 aromatic heterocycles. The van der Waals surface area contributed by atoms with E-state index in [4.69, 9.17) is 12.2 Å². The van der Waals surface area contributed by atoms with Crippen molar-refractivity contribution in [2.24, 2.45) is 0 Å². The highest BCUT2D eigenvalue weighted by Gasteiger charge is 2.35. The number of benzene rings is 1. The fourth-order valence-corrected chi connectivity index (χ4v) is 3.93. The van der Waals surface area contributed by atoms with Crippen LogP contribution in [0, 0.1) is 13.8 Å². The summed E-state index contributed by atoms with van der Waals surface area (Å²) in [4.78, 5) is 42.4. The van der Waals surface area contributed by atoms with Crippen molar-refractivity contribution in [3.63, 3.8) is 0 Å².